The highest BCUT2D eigenvalue weighted by Gasteiger charge is 2.62. The lowest BCUT2D eigenvalue weighted by atomic mass is 9.69. The molecule has 2 heterocycles. The third kappa shape index (κ3) is 2.11. The van der Waals surface area contributed by atoms with Gasteiger partial charge in [0.05, 0.1) is 11.1 Å². The molecule has 4 rings (SSSR count). The van der Waals surface area contributed by atoms with Crippen molar-refractivity contribution in [2.24, 2.45) is 0 Å². The number of aryl methyl sites for hydroxylation is 4. The van der Waals surface area contributed by atoms with E-state index >= 15 is 0 Å². The van der Waals surface area contributed by atoms with Crippen LogP contribution in [0.2, 0.25) is 0 Å². The van der Waals surface area contributed by atoms with Crippen LogP contribution >= 0.6 is 0 Å². The molecule has 0 radical (unpaired) electrons. The maximum absolute atomic E-state index is 2.84. The molecule has 0 aromatic heterocycles. The molecule has 2 aromatic carbocycles. The van der Waals surface area contributed by atoms with E-state index in [1.54, 1.807) is 22.3 Å². The first-order valence-electron chi connectivity index (χ1n) is 11.5. The number of unbranched alkanes of at least 4 members (excludes halogenated alkanes) is 1. The van der Waals surface area contributed by atoms with Crippen LogP contribution in [-0.4, -0.2) is 11.4 Å². The third-order valence-electron chi connectivity index (χ3n) is 9.25. The van der Waals surface area contributed by atoms with Crippen molar-refractivity contribution in [3.8, 4) is 0 Å². The fourth-order valence-electron chi connectivity index (χ4n) is 7.08. The molecule has 1 heteroatoms. The molecule has 0 saturated carbocycles. The molecule has 0 aliphatic carbocycles. The van der Waals surface area contributed by atoms with Crippen LogP contribution in [0.15, 0.2) is 11.1 Å². The van der Waals surface area contributed by atoms with Crippen LogP contribution in [0.5, 0.6) is 0 Å². The second-order valence-electron chi connectivity index (χ2n) is 10.1. The van der Waals surface area contributed by atoms with Gasteiger partial charge in [-0.15, -0.1) is 0 Å². The molecule has 2 bridgehead atoms. The smallest absolute Gasteiger partial charge is 0.0663 e. The summed E-state index contributed by atoms with van der Waals surface area (Å²) in [5, 5.41) is 3.03. The van der Waals surface area contributed by atoms with E-state index in [0.717, 1.165) is 6.54 Å². The van der Waals surface area contributed by atoms with E-state index in [1.807, 2.05) is 0 Å². The minimum Gasteiger partial charge on any atom is -0.277 e. The molecule has 156 valence electrons. The van der Waals surface area contributed by atoms with Crippen LogP contribution in [0, 0.1) is 41.5 Å². The Bertz CT molecular complexity index is 1020. The highest BCUT2D eigenvalue weighted by Crippen LogP contribution is 2.65. The van der Waals surface area contributed by atoms with Gasteiger partial charge in [0.25, 0.3) is 0 Å². The molecule has 2 atom stereocenters. The first-order chi connectivity index (χ1) is 13.5. The van der Waals surface area contributed by atoms with E-state index in [0.29, 0.717) is 0 Å². The van der Waals surface area contributed by atoms with Crippen molar-refractivity contribution in [3.05, 3.63) is 55.7 Å². The molecule has 2 aromatic rings. The van der Waals surface area contributed by atoms with Gasteiger partial charge in [0.2, 0.25) is 0 Å². The molecule has 0 saturated heterocycles. The summed E-state index contributed by atoms with van der Waals surface area (Å²) in [6.45, 7) is 27.3. The zero-order chi connectivity index (χ0) is 21.6. The van der Waals surface area contributed by atoms with Crippen LogP contribution in [0.25, 0.3) is 10.8 Å². The topological polar surface area (TPSA) is 3.24 Å². The first kappa shape index (κ1) is 20.7. The van der Waals surface area contributed by atoms with Crippen LogP contribution < -0.4 is 0 Å². The van der Waals surface area contributed by atoms with Gasteiger partial charge >= 0.3 is 0 Å². The number of nitrogens with zero attached hydrogens (tertiary/aromatic N) is 1. The van der Waals surface area contributed by atoms with Gasteiger partial charge in [-0.1, -0.05) is 13.3 Å². The normalized spacial score (nSPS) is 26.2. The maximum atomic E-state index is 2.84. The minimum atomic E-state index is 0.0194. The van der Waals surface area contributed by atoms with Gasteiger partial charge in [-0.05, 0) is 142 Å². The number of rotatable bonds is 3. The lowest BCUT2D eigenvalue weighted by molar-refractivity contribution is 0.0886. The van der Waals surface area contributed by atoms with Crippen molar-refractivity contribution in [1.82, 2.24) is 4.90 Å². The highest BCUT2D eigenvalue weighted by atomic mass is 15.3. The van der Waals surface area contributed by atoms with Crippen molar-refractivity contribution in [1.29, 1.82) is 0 Å². The van der Waals surface area contributed by atoms with Gasteiger partial charge in [-0.2, -0.15) is 0 Å². The van der Waals surface area contributed by atoms with Crippen LogP contribution in [0.1, 0.15) is 92.0 Å². The van der Waals surface area contributed by atoms with E-state index in [4.69, 9.17) is 0 Å². The Kier molecular flexibility index (Phi) is 4.42. The summed E-state index contributed by atoms with van der Waals surface area (Å²) < 4.78 is 0. The molecule has 29 heavy (non-hydrogen) atoms. The number of hydrogen-bond acceptors (Lipinski definition) is 1. The van der Waals surface area contributed by atoms with Gasteiger partial charge in [0, 0.05) is 6.54 Å². The standard InChI is InChI=1S/C28H39N/c1-12-13-14-29-27(10)21(8)22(9)28(29,11)26-20(7)24-18(5)16(3)15(2)17(4)23(24)19(6)25(26)27/h12-14H2,1-11H3. The molecule has 2 aliphatic rings. The Morgan fingerprint density at radius 2 is 0.966 bits per heavy atom. The summed E-state index contributed by atoms with van der Waals surface area (Å²) in [6.07, 6.45) is 2.50. The van der Waals surface area contributed by atoms with E-state index in [1.165, 1.54) is 57.0 Å². The Labute approximate surface area is 178 Å². The Hall–Kier alpha value is -1.60. The summed E-state index contributed by atoms with van der Waals surface area (Å²) in [7, 11) is 0. The van der Waals surface area contributed by atoms with E-state index in [9.17, 15) is 0 Å². The minimum absolute atomic E-state index is 0.0194. The molecule has 2 unspecified atom stereocenters. The zero-order valence-corrected chi connectivity index (χ0v) is 20.6. The summed E-state index contributed by atoms with van der Waals surface area (Å²) in [5.41, 5.74) is 15.3. The first-order valence-corrected chi connectivity index (χ1v) is 11.5. The third-order valence-corrected chi connectivity index (χ3v) is 9.25. The van der Waals surface area contributed by atoms with Crippen molar-refractivity contribution in [2.75, 3.05) is 6.54 Å². The fraction of sp³-hybridized carbons (Fsp3) is 0.571. The SMILES string of the molecule is CCCCN1C2(C)C(C)=C(C)C1(C)c1c2c(C)c2c(C)c(C)c(C)c(C)c2c1C. The molecule has 1 nitrogen and oxygen atoms in total. The van der Waals surface area contributed by atoms with Gasteiger partial charge in [-0.25, -0.2) is 0 Å². The maximum Gasteiger partial charge on any atom is 0.0663 e. The monoisotopic (exact) mass is 389 g/mol. The fourth-order valence-corrected chi connectivity index (χ4v) is 7.08. The average molecular weight is 390 g/mol. The summed E-state index contributed by atoms with van der Waals surface area (Å²) in [5.74, 6) is 0. The number of fused-ring (bicyclic) bond motifs is 6. The summed E-state index contributed by atoms with van der Waals surface area (Å²) >= 11 is 0. The molecule has 0 spiro atoms. The van der Waals surface area contributed by atoms with E-state index in [-0.39, 0.29) is 11.1 Å². The van der Waals surface area contributed by atoms with Gasteiger partial charge in [0.15, 0.2) is 0 Å². The molecule has 0 amide bonds. The number of hydrogen-bond donors (Lipinski definition) is 0. The molecule has 2 aliphatic heterocycles. The quantitative estimate of drug-likeness (QED) is 0.489. The second kappa shape index (κ2) is 6.20. The van der Waals surface area contributed by atoms with E-state index in [2.05, 4.69) is 81.1 Å². The summed E-state index contributed by atoms with van der Waals surface area (Å²) in [6, 6.07) is 0. The van der Waals surface area contributed by atoms with Crippen molar-refractivity contribution >= 4 is 10.8 Å². The van der Waals surface area contributed by atoms with Crippen LogP contribution in [0.4, 0.5) is 0 Å². The van der Waals surface area contributed by atoms with Gasteiger partial charge < -0.3 is 0 Å². The van der Waals surface area contributed by atoms with Gasteiger partial charge in [0.1, 0.15) is 0 Å². The van der Waals surface area contributed by atoms with Crippen molar-refractivity contribution < 1.29 is 0 Å². The predicted molar refractivity (Wildman–Crippen MR) is 127 cm³/mol. The predicted octanol–water partition coefficient (Wildman–Crippen LogP) is 7.59. The Balaban J connectivity index is 2.21. The molecular weight excluding hydrogens is 350 g/mol. The Morgan fingerprint density at radius 1 is 0.586 bits per heavy atom. The number of benzene rings is 2. The van der Waals surface area contributed by atoms with Crippen molar-refractivity contribution in [2.45, 2.75) is 100 Å². The van der Waals surface area contributed by atoms with Crippen LogP contribution in [0.3, 0.4) is 0 Å². The lowest BCUT2D eigenvalue weighted by Gasteiger charge is -2.38. The highest BCUT2D eigenvalue weighted by molar-refractivity contribution is 5.99. The van der Waals surface area contributed by atoms with E-state index < -0.39 is 0 Å². The van der Waals surface area contributed by atoms with Crippen LogP contribution in [-0.2, 0) is 11.1 Å². The largest absolute Gasteiger partial charge is 0.277 e. The van der Waals surface area contributed by atoms with Gasteiger partial charge in [-0.3, -0.25) is 4.90 Å². The summed E-state index contributed by atoms with van der Waals surface area (Å²) in [4.78, 5) is 2.84. The Morgan fingerprint density at radius 3 is 1.31 bits per heavy atom. The molecule has 0 N–H and O–H groups in total. The second-order valence-corrected chi connectivity index (χ2v) is 10.1. The molecular formula is C28H39N. The average Bonchev–Trinajstić information content (AvgIpc) is 2.97. The lowest BCUT2D eigenvalue weighted by Crippen LogP contribution is -2.44. The zero-order valence-electron chi connectivity index (χ0n) is 20.6. The molecule has 0 fully saturated rings. The van der Waals surface area contributed by atoms with Crippen molar-refractivity contribution in [3.63, 3.8) is 0 Å².